The summed E-state index contributed by atoms with van der Waals surface area (Å²) in [5, 5.41) is 14.0. The maximum Gasteiger partial charge on any atom is 0.123 e. The van der Waals surface area contributed by atoms with Crippen LogP contribution in [0.3, 0.4) is 0 Å². The van der Waals surface area contributed by atoms with Crippen LogP contribution < -0.4 is 0 Å². The van der Waals surface area contributed by atoms with Gasteiger partial charge >= 0.3 is 0 Å². The van der Waals surface area contributed by atoms with Gasteiger partial charge in [-0.25, -0.2) is 4.39 Å². The van der Waals surface area contributed by atoms with E-state index >= 15 is 0 Å². The molecule has 1 aromatic heterocycles. The largest absolute Gasteiger partial charge is 0.384 e. The second kappa shape index (κ2) is 4.36. The number of aryl methyl sites for hydroxylation is 2. The Hall–Kier alpha value is -1.19. The Morgan fingerprint density at radius 3 is 2.50 bits per heavy atom. The lowest BCUT2D eigenvalue weighted by Crippen LogP contribution is -2.01. The van der Waals surface area contributed by atoms with E-state index in [4.69, 9.17) is 0 Å². The van der Waals surface area contributed by atoms with Crippen molar-refractivity contribution in [3.05, 3.63) is 57.0 Å². The fraction of sp³-hybridized carbons (Fsp3) is 0.231. The highest BCUT2D eigenvalue weighted by atomic mass is 32.1. The molecule has 2 aromatic rings. The molecular weight excluding hydrogens is 223 g/mol. The molecule has 1 unspecified atom stereocenters. The Labute approximate surface area is 98.2 Å². The minimum atomic E-state index is -0.736. The topological polar surface area (TPSA) is 20.2 Å². The van der Waals surface area contributed by atoms with Crippen LogP contribution in [-0.4, -0.2) is 5.11 Å². The molecule has 0 fully saturated rings. The first-order valence-electron chi connectivity index (χ1n) is 5.06. The number of aliphatic hydroxyl groups excluding tert-OH is 1. The molecule has 3 heteroatoms. The van der Waals surface area contributed by atoms with Crippen LogP contribution in [0.1, 0.15) is 28.4 Å². The molecule has 1 nitrogen and oxygen atoms in total. The Morgan fingerprint density at radius 2 is 1.94 bits per heavy atom. The number of aliphatic hydroxyl groups is 1. The van der Waals surface area contributed by atoms with E-state index in [9.17, 15) is 9.50 Å². The highest BCUT2D eigenvalue weighted by molar-refractivity contribution is 7.08. The third-order valence-electron chi connectivity index (χ3n) is 2.57. The highest BCUT2D eigenvalue weighted by Crippen LogP contribution is 2.28. The lowest BCUT2D eigenvalue weighted by Gasteiger charge is -2.12. The summed E-state index contributed by atoms with van der Waals surface area (Å²) in [6.07, 6.45) is -0.736. The van der Waals surface area contributed by atoms with Gasteiger partial charge < -0.3 is 5.11 Å². The third kappa shape index (κ3) is 2.15. The summed E-state index contributed by atoms with van der Waals surface area (Å²) in [5.74, 6) is -0.304. The van der Waals surface area contributed by atoms with Crippen LogP contribution >= 0.6 is 11.3 Å². The Kier molecular flexibility index (Phi) is 3.08. The predicted molar refractivity (Wildman–Crippen MR) is 64.3 cm³/mol. The standard InChI is InChI=1S/C13H13FOS/c1-8-3-10(5-11(14)4-8)13(15)12-7-16-6-9(12)2/h3-7,13,15H,1-2H3. The molecule has 1 atom stereocenters. The van der Waals surface area contributed by atoms with E-state index in [2.05, 4.69) is 0 Å². The molecule has 0 spiro atoms. The number of hydrogen-bond donors (Lipinski definition) is 1. The van der Waals surface area contributed by atoms with Crippen molar-refractivity contribution in [2.45, 2.75) is 20.0 Å². The van der Waals surface area contributed by atoms with Gasteiger partial charge in [-0.15, -0.1) is 0 Å². The van der Waals surface area contributed by atoms with Crippen LogP contribution in [0.15, 0.2) is 29.0 Å². The van der Waals surface area contributed by atoms with Crippen LogP contribution in [-0.2, 0) is 0 Å². The lowest BCUT2D eigenvalue weighted by atomic mass is 10.00. The Balaban J connectivity index is 2.41. The van der Waals surface area contributed by atoms with Gasteiger partial charge in [0.1, 0.15) is 11.9 Å². The van der Waals surface area contributed by atoms with Crippen molar-refractivity contribution in [3.8, 4) is 0 Å². The minimum absolute atomic E-state index is 0.304. The maximum atomic E-state index is 13.2. The van der Waals surface area contributed by atoms with Gasteiger partial charge in [-0.1, -0.05) is 6.07 Å². The minimum Gasteiger partial charge on any atom is -0.384 e. The first kappa shape index (κ1) is 11.3. The number of rotatable bonds is 2. The zero-order valence-electron chi connectivity index (χ0n) is 9.20. The molecule has 0 saturated heterocycles. The molecule has 1 N–H and O–H groups in total. The SMILES string of the molecule is Cc1cc(F)cc(C(O)c2cscc2C)c1. The normalized spacial score (nSPS) is 12.8. The van der Waals surface area contributed by atoms with Gasteiger partial charge in [0.25, 0.3) is 0 Å². The van der Waals surface area contributed by atoms with Gasteiger partial charge in [0, 0.05) is 0 Å². The maximum absolute atomic E-state index is 13.2. The summed E-state index contributed by atoms with van der Waals surface area (Å²) < 4.78 is 13.2. The third-order valence-corrected chi connectivity index (χ3v) is 3.45. The Morgan fingerprint density at radius 1 is 1.19 bits per heavy atom. The Bertz CT molecular complexity index is 484. The molecule has 0 bridgehead atoms. The molecule has 84 valence electrons. The molecule has 2 rings (SSSR count). The second-order valence-electron chi connectivity index (χ2n) is 3.97. The fourth-order valence-electron chi connectivity index (χ4n) is 1.75. The number of halogens is 1. The number of thiophene rings is 1. The lowest BCUT2D eigenvalue weighted by molar-refractivity contribution is 0.219. The molecule has 0 radical (unpaired) electrons. The molecule has 0 aliphatic heterocycles. The van der Waals surface area contributed by atoms with Crippen molar-refractivity contribution < 1.29 is 9.50 Å². The van der Waals surface area contributed by atoms with Crippen LogP contribution in [0.4, 0.5) is 4.39 Å². The van der Waals surface area contributed by atoms with E-state index in [1.807, 2.05) is 30.7 Å². The smallest absolute Gasteiger partial charge is 0.123 e. The monoisotopic (exact) mass is 236 g/mol. The van der Waals surface area contributed by atoms with E-state index in [-0.39, 0.29) is 5.82 Å². The summed E-state index contributed by atoms with van der Waals surface area (Å²) in [6, 6.07) is 4.65. The van der Waals surface area contributed by atoms with Crippen molar-refractivity contribution in [1.82, 2.24) is 0 Å². The van der Waals surface area contributed by atoms with Crippen LogP contribution in [0, 0.1) is 19.7 Å². The van der Waals surface area contributed by atoms with Gasteiger partial charge in [-0.3, -0.25) is 0 Å². The summed E-state index contributed by atoms with van der Waals surface area (Å²) in [5.41, 5.74) is 3.33. The van der Waals surface area contributed by atoms with Gasteiger partial charge in [-0.2, -0.15) is 11.3 Å². The molecule has 0 aliphatic rings. The van der Waals surface area contributed by atoms with E-state index in [0.29, 0.717) is 5.56 Å². The number of hydrogen-bond acceptors (Lipinski definition) is 2. The van der Waals surface area contributed by atoms with Crippen molar-refractivity contribution in [1.29, 1.82) is 0 Å². The average molecular weight is 236 g/mol. The van der Waals surface area contributed by atoms with Crippen LogP contribution in [0.25, 0.3) is 0 Å². The first-order valence-corrected chi connectivity index (χ1v) is 6.00. The molecule has 1 aromatic carbocycles. The van der Waals surface area contributed by atoms with Crippen molar-refractivity contribution in [3.63, 3.8) is 0 Å². The zero-order valence-corrected chi connectivity index (χ0v) is 10.0. The molecule has 0 amide bonds. The van der Waals surface area contributed by atoms with Gasteiger partial charge in [0.2, 0.25) is 0 Å². The van der Waals surface area contributed by atoms with Crippen molar-refractivity contribution in [2.75, 3.05) is 0 Å². The zero-order chi connectivity index (χ0) is 11.7. The molecular formula is C13H13FOS. The van der Waals surface area contributed by atoms with E-state index in [1.54, 1.807) is 11.3 Å². The second-order valence-corrected chi connectivity index (χ2v) is 4.72. The quantitative estimate of drug-likeness (QED) is 0.845. The van der Waals surface area contributed by atoms with Crippen LogP contribution in [0.5, 0.6) is 0 Å². The first-order chi connectivity index (χ1) is 7.58. The fourth-order valence-corrected chi connectivity index (χ4v) is 2.62. The van der Waals surface area contributed by atoms with E-state index in [1.165, 1.54) is 12.1 Å². The van der Waals surface area contributed by atoms with E-state index < -0.39 is 6.10 Å². The van der Waals surface area contributed by atoms with Crippen LogP contribution in [0.2, 0.25) is 0 Å². The summed E-state index contributed by atoms with van der Waals surface area (Å²) in [7, 11) is 0. The van der Waals surface area contributed by atoms with Gasteiger partial charge in [0.05, 0.1) is 0 Å². The summed E-state index contributed by atoms with van der Waals surface area (Å²) >= 11 is 1.54. The van der Waals surface area contributed by atoms with Crippen molar-refractivity contribution >= 4 is 11.3 Å². The average Bonchev–Trinajstić information content (AvgIpc) is 2.62. The molecule has 16 heavy (non-hydrogen) atoms. The summed E-state index contributed by atoms with van der Waals surface area (Å²) in [6.45, 7) is 3.76. The molecule has 1 heterocycles. The van der Waals surface area contributed by atoms with Gasteiger partial charge in [0.15, 0.2) is 0 Å². The highest BCUT2D eigenvalue weighted by Gasteiger charge is 2.14. The van der Waals surface area contributed by atoms with Crippen molar-refractivity contribution in [2.24, 2.45) is 0 Å². The summed E-state index contributed by atoms with van der Waals surface area (Å²) in [4.78, 5) is 0. The van der Waals surface area contributed by atoms with Gasteiger partial charge in [-0.05, 0) is 59.0 Å². The van der Waals surface area contributed by atoms with E-state index in [0.717, 1.165) is 16.7 Å². The number of benzene rings is 1. The predicted octanol–water partition coefficient (Wildman–Crippen LogP) is 3.59. The molecule has 0 aliphatic carbocycles. The molecule has 0 saturated carbocycles.